The van der Waals surface area contributed by atoms with Crippen molar-refractivity contribution in [2.24, 2.45) is 0 Å². The minimum absolute atomic E-state index is 0.354. The number of rotatable bonds is 2. The van der Waals surface area contributed by atoms with Crippen LogP contribution in [0.4, 0.5) is 0 Å². The summed E-state index contributed by atoms with van der Waals surface area (Å²) in [6, 6.07) is 5.29. The second-order valence-corrected chi connectivity index (χ2v) is 5.46. The van der Waals surface area contributed by atoms with Gasteiger partial charge >= 0.3 is 5.97 Å². The van der Waals surface area contributed by atoms with E-state index < -0.39 is 5.60 Å². The van der Waals surface area contributed by atoms with Gasteiger partial charge in [-0.3, -0.25) is 0 Å². The molecule has 1 N–H and O–H groups in total. The Hall–Kier alpha value is -1.72. The fraction of sp³-hybridized carbons (Fsp3) is 0.286. The lowest BCUT2D eigenvalue weighted by molar-refractivity contribution is 0.0600. The predicted molar refractivity (Wildman–Crippen MR) is 71.2 cm³/mol. The zero-order valence-corrected chi connectivity index (χ0v) is 11.2. The number of nitrogens with zero attached hydrogens (tertiary/aromatic N) is 1. The van der Waals surface area contributed by atoms with Gasteiger partial charge in [0.15, 0.2) is 0 Å². The number of aromatic nitrogens is 1. The first-order chi connectivity index (χ1) is 9.15. The summed E-state index contributed by atoms with van der Waals surface area (Å²) in [4.78, 5) is 15.7. The molecule has 2 aromatic rings. The van der Waals surface area contributed by atoms with Crippen LogP contribution in [-0.4, -0.2) is 23.2 Å². The fourth-order valence-corrected chi connectivity index (χ4v) is 3.33. The first-order valence-corrected chi connectivity index (χ1v) is 6.87. The molecular weight excluding hydrogens is 262 g/mol. The second kappa shape index (κ2) is 4.43. The standard InChI is InChI=1S/C14H13NO3S/c1-18-12(16)10-2-3-11-9(8-10)4-5-14(11,17)13-15-6-7-19-13/h2-3,6-8,17H,4-5H2,1H3/t14-/m1/s1. The van der Waals surface area contributed by atoms with Crippen LogP contribution < -0.4 is 0 Å². The Labute approximate surface area is 114 Å². The number of hydrogen-bond donors (Lipinski definition) is 1. The van der Waals surface area contributed by atoms with Gasteiger partial charge in [0.1, 0.15) is 10.6 Å². The lowest BCUT2D eigenvalue weighted by Gasteiger charge is -2.21. The van der Waals surface area contributed by atoms with E-state index in [1.807, 2.05) is 5.38 Å². The van der Waals surface area contributed by atoms with Crippen LogP contribution in [0.2, 0.25) is 0 Å². The van der Waals surface area contributed by atoms with Crippen LogP contribution in [0.5, 0.6) is 0 Å². The van der Waals surface area contributed by atoms with E-state index in [4.69, 9.17) is 4.74 Å². The van der Waals surface area contributed by atoms with Gasteiger partial charge in [-0.2, -0.15) is 0 Å². The number of ether oxygens (including phenoxy) is 1. The third kappa shape index (κ3) is 1.86. The largest absolute Gasteiger partial charge is 0.465 e. The molecule has 4 nitrogen and oxygen atoms in total. The molecule has 19 heavy (non-hydrogen) atoms. The second-order valence-electron chi connectivity index (χ2n) is 4.56. The minimum atomic E-state index is -1.02. The van der Waals surface area contributed by atoms with Crippen LogP contribution in [0.1, 0.15) is 32.9 Å². The Kier molecular flexibility index (Phi) is 2.88. The number of carbonyl (C=O) groups is 1. The summed E-state index contributed by atoms with van der Waals surface area (Å²) in [5.41, 5.74) is 1.33. The highest BCUT2D eigenvalue weighted by atomic mass is 32.1. The number of benzene rings is 1. The van der Waals surface area contributed by atoms with Gasteiger partial charge in [0.2, 0.25) is 0 Å². The minimum Gasteiger partial charge on any atom is -0.465 e. The van der Waals surface area contributed by atoms with Crippen molar-refractivity contribution in [1.82, 2.24) is 4.98 Å². The SMILES string of the molecule is COC(=O)c1ccc2c(c1)CC[C@]2(O)c1nccs1. The van der Waals surface area contributed by atoms with Crippen molar-refractivity contribution in [1.29, 1.82) is 0 Å². The Morgan fingerprint density at radius 3 is 3.05 bits per heavy atom. The van der Waals surface area contributed by atoms with Crippen molar-refractivity contribution in [3.05, 3.63) is 51.5 Å². The molecule has 0 amide bonds. The number of aryl methyl sites for hydroxylation is 1. The molecule has 1 atom stereocenters. The molecule has 0 unspecified atom stereocenters. The number of fused-ring (bicyclic) bond motifs is 1. The zero-order valence-electron chi connectivity index (χ0n) is 10.4. The van der Waals surface area contributed by atoms with E-state index in [2.05, 4.69) is 4.98 Å². The predicted octanol–water partition coefficient (Wildman–Crippen LogP) is 2.11. The first-order valence-electron chi connectivity index (χ1n) is 5.99. The molecule has 1 aromatic heterocycles. The third-order valence-electron chi connectivity index (χ3n) is 3.51. The molecule has 1 aromatic carbocycles. The van der Waals surface area contributed by atoms with Crippen molar-refractivity contribution in [2.75, 3.05) is 7.11 Å². The zero-order chi connectivity index (χ0) is 13.5. The quantitative estimate of drug-likeness (QED) is 0.853. The molecule has 1 aliphatic rings. The molecular formula is C14H13NO3S. The van der Waals surface area contributed by atoms with Crippen molar-refractivity contribution in [3.63, 3.8) is 0 Å². The van der Waals surface area contributed by atoms with Gasteiger partial charge in [0.05, 0.1) is 12.7 Å². The monoisotopic (exact) mass is 275 g/mol. The molecule has 0 aliphatic heterocycles. The maximum Gasteiger partial charge on any atom is 0.337 e. The average molecular weight is 275 g/mol. The highest BCUT2D eigenvalue weighted by molar-refractivity contribution is 7.09. The topological polar surface area (TPSA) is 59.4 Å². The van der Waals surface area contributed by atoms with Crippen LogP contribution in [0, 0.1) is 0 Å². The molecule has 0 radical (unpaired) electrons. The van der Waals surface area contributed by atoms with Gasteiger partial charge in [-0.15, -0.1) is 11.3 Å². The number of esters is 1. The molecule has 3 rings (SSSR count). The Balaban J connectivity index is 2.05. The number of carbonyl (C=O) groups excluding carboxylic acids is 1. The van der Waals surface area contributed by atoms with Gasteiger partial charge in [-0.25, -0.2) is 9.78 Å². The summed E-state index contributed by atoms with van der Waals surface area (Å²) >= 11 is 1.44. The summed E-state index contributed by atoms with van der Waals surface area (Å²) in [7, 11) is 1.36. The van der Waals surface area contributed by atoms with Gasteiger partial charge in [-0.05, 0) is 36.1 Å². The van der Waals surface area contributed by atoms with E-state index >= 15 is 0 Å². The molecule has 0 saturated carbocycles. The highest BCUT2D eigenvalue weighted by Gasteiger charge is 2.40. The normalized spacial score (nSPS) is 21.2. The smallest absolute Gasteiger partial charge is 0.337 e. The van der Waals surface area contributed by atoms with Gasteiger partial charge in [-0.1, -0.05) is 6.07 Å². The average Bonchev–Trinajstić information content (AvgIpc) is 3.07. The lowest BCUT2D eigenvalue weighted by atomic mass is 9.96. The molecule has 98 valence electrons. The summed E-state index contributed by atoms with van der Waals surface area (Å²) < 4.78 is 4.71. The Morgan fingerprint density at radius 2 is 2.37 bits per heavy atom. The number of hydrogen-bond acceptors (Lipinski definition) is 5. The molecule has 0 saturated heterocycles. The molecule has 0 bridgehead atoms. The van der Waals surface area contributed by atoms with Crippen molar-refractivity contribution in [3.8, 4) is 0 Å². The number of thiazole rings is 1. The molecule has 1 aliphatic carbocycles. The number of aliphatic hydroxyl groups is 1. The van der Waals surface area contributed by atoms with Crippen LogP contribution >= 0.6 is 11.3 Å². The van der Waals surface area contributed by atoms with Crippen LogP contribution in [0.15, 0.2) is 29.8 Å². The van der Waals surface area contributed by atoms with Crippen LogP contribution in [0.25, 0.3) is 0 Å². The fourth-order valence-electron chi connectivity index (χ4n) is 2.55. The molecule has 0 fully saturated rings. The lowest BCUT2D eigenvalue weighted by Crippen LogP contribution is -2.23. The molecule has 0 spiro atoms. The molecule has 5 heteroatoms. The van der Waals surface area contributed by atoms with Crippen molar-refractivity contribution < 1.29 is 14.6 Å². The summed E-state index contributed by atoms with van der Waals surface area (Å²) in [6.45, 7) is 0. The van der Waals surface area contributed by atoms with Crippen molar-refractivity contribution in [2.45, 2.75) is 18.4 Å². The van der Waals surface area contributed by atoms with E-state index in [-0.39, 0.29) is 5.97 Å². The first kappa shape index (κ1) is 12.3. The third-order valence-corrected chi connectivity index (χ3v) is 4.44. The van der Waals surface area contributed by atoms with Crippen LogP contribution in [-0.2, 0) is 16.8 Å². The van der Waals surface area contributed by atoms with E-state index in [1.54, 1.807) is 24.4 Å². The van der Waals surface area contributed by atoms with E-state index in [1.165, 1.54) is 18.4 Å². The summed E-state index contributed by atoms with van der Waals surface area (Å²) in [5.74, 6) is -0.354. The Bertz CT molecular complexity index is 624. The number of methoxy groups -OCH3 is 1. The summed E-state index contributed by atoms with van der Waals surface area (Å²) in [6.07, 6.45) is 3.02. The maximum absolute atomic E-state index is 11.5. The Morgan fingerprint density at radius 1 is 1.53 bits per heavy atom. The van der Waals surface area contributed by atoms with Crippen molar-refractivity contribution >= 4 is 17.3 Å². The maximum atomic E-state index is 11.5. The summed E-state index contributed by atoms with van der Waals surface area (Å²) in [5, 5.41) is 13.4. The highest BCUT2D eigenvalue weighted by Crippen LogP contribution is 2.42. The van der Waals surface area contributed by atoms with Crippen LogP contribution in [0.3, 0.4) is 0 Å². The van der Waals surface area contributed by atoms with Gasteiger partial charge in [0.25, 0.3) is 0 Å². The van der Waals surface area contributed by atoms with Gasteiger partial charge in [0, 0.05) is 11.6 Å². The van der Waals surface area contributed by atoms with E-state index in [0.717, 1.165) is 17.5 Å². The van der Waals surface area contributed by atoms with E-state index in [9.17, 15) is 9.90 Å². The molecule has 1 heterocycles. The van der Waals surface area contributed by atoms with Gasteiger partial charge < -0.3 is 9.84 Å². The van der Waals surface area contributed by atoms with E-state index in [0.29, 0.717) is 17.0 Å².